The molecule has 0 aliphatic heterocycles. The van der Waals surface area contributed by atoms with Gasteiger partial charge in [-0.25, -0.2) is 0 Å². The number of carbonyl (C=O) groups excluding carboxylic acids is 2. The van der Waals surface area contributed by atoms with Crippen molar-refractivity contribution in [2.24, 2.45) is 0 Å². The monoisotopic (exact) mass is 492 g/mol. The van der Waals surface area contributed by atoms with Gasteiger partial charge in [-0.3, -0.25) is 9.59 Å². The minimum absolute atomic E-state index is 0.0359. The van der Waals surface area contributed by atoms with Gasteiger partial charge in [0.05, 0.1) is 20.8 Å². The number of thiophene rings is 1. The zero-order chi connectivity index (χ0) is 24.8. The highest BCUT2D eigenvalue weighted by molar-refractivity contribution is 7.09. The lowest BCUT2D eigenvalue weighted by Crippen LogP contribution is -2.44. The van der Waals surface area contributed by atoms with Crippen molar-refractivity contribution < 1.29 is 19.1 Å². The van der Waals surface area contributed by atoms with Crippen LogP contribution in [0.3, 0.4) is 0 Å². The van der Waals surface area contributed by atoms with Crippen LogP contribution in [0.1, 0.15) is 39.2 Å². The van der Waals surface area contributed by atoms with Crippen LogP contribution < -0.4 is 9.47 Å². The topological polar surface area (TPSA) is 59.1 Å². The number of nitrogens with zero attached hydrogens (tertiary/aromatic N) is 2. The van der Waals surface area contributed by atoms with E-state index in [0.717, 1.165) is 28.8 Å². The maximum Gasteiger partial charge on any atom is 0.254 e. The number of aryl methyl sites for hydroxylation is 1. The molecule has 7 heteroatoms. The maximum absolute atomic E-state index is 13.5. The van der Waals surface area contributed by atoms with Gasteiger partial charge < -0.3 is 19.3 Å². The van der Waals surface area contributed by atoms with Gasteiger partial charge in [-0.1, -0.05) is 29.8 Å². The summed E-state index contributed by atoms with van der Waals surface area (Å²) in [6.07, 6.45) is 2.57. The first-order valence-electron chi connectivity index (χ1n) is 11.9. The van der Waals surface area contributed by atoms with Crippen molar-refractivity contribution >= 4 is 23.2 Å². The third-order valence-electron chi connectivity index (χ3n) is 6.25. The normalized spacial score (nSPS) is 12.8. The zero-order valence-corrected chi connectivity index (χ0v) is 21.3. The molecule has 0 atom stereocenters. The molecule has 2 amide bonds. The lowest BCUT2D eigenvalue weighted by Gasteiger charge is -2.28. The van der Waals surface area contributed by atoms with E-state index >= 15 is 0 Å². The lowest BCUT2D eigenvalue weighted by molar-refractivity contribution is -0.132. The molecule has 1 heterocycles. The fraction of sp³-hybridized carbons (Fsp3) is 0.357. The molecular weight excluding hydrogens is 460 g/mol. The number of hydrogen-bond donors (Lipinski definition) is 0. The largest absolute Gasteiger partial charge is 0.493 e. The van der Waals surface area contributed by atoms with Crippen molar-refractivity contribution in [1.29, 1.82) is 0 Å². The summed E-state index contributed by atoms with van der Waals surface area (Å²) < 4.78 is 10.8. The van der Waals surface area contributed by atoms with E-state index in [4.69, 9.17) is 9.47 Å². The number of amides is 2. The summed E-state index contributed by atoms with van der Waals surface area (Å²) in [5.41, 5.74) is 2.79. The van der Waals surface area contributed by atoms with Gasteiger partial charge in [0.15, 0.2) is 11.5 Å². The highest BCUT2D eigenvalue weighted by Gasteiger charge is 2.35. The summed E-state index contributed by atoms with van der Waals surface area (Å²) in [6, 6.07) is 17.6. The highest BCUT2D eigenvalue weighted by Crippen LogP contribution is 2.29. The molecule has 184 valence electrons. The van der Waals surface area contributed by atoms with E-state index in [1.807, 2.05) is 71.8 Å². The number of methoxy groups -OCH3 is 2. The van der Waals surface area contributed by atoms with Crippen molar-refractivity contribution in [2.45, 2.75) is 38.8 Å². The van der Waals surface area contributed by atoms with Gasteiger partial charge in [-0.2, -0.15) is 0 Å². The molecule has 6 nitrogen and oxygen atoms in total. The quantitative estimate of drug-likeness (QED) is 0.380. The average Bonchev–Trinajstić information content (AvgIpc) is 3.59. The van der Waals surface area contributed by atoms with Gasteiger partial charge in [0.2, 0.25) is 5.91 Å². The summed E-state index contributed by atoms with van der Waals surface area (Å²) in [6.45, 7) is 3.16. The summed E-state index contributed by atoms with van der Waals surface area (Å²) in [4.78, 5) is 31.5. The van der Waals surface area contributed by atoms with Gasteiger partial charge in [-0.15, -0.1) is 11.3 Å². The van der Waals surface area contributed by atoms with E-state index in [0.29, 0.717) is 36.6 Å². The Hall–Kier alpha value is -3.32. The summed E-state index contributed by atoms with van der Waals surface area (Å²) in [7, 11) is 3.23. The Morgan fingerprint density at radius 2 is 1.74 bits per heavy atom. The Kier molecular flexibility index (Phi) is 8.08. The first kappa shape index (κ1) is 24.8. The van der Waals surface area contributed by atoms with Crippen molar-refractivity contribution in [3.05, 3.63) is 81.5 Å². The van der Waals surface area contributed by atoms with Crippen molar-refractivity contribution in [3.63, 3.8) is 0 Å². The molecule has 1 aliphatic rings. The summed E-state index contributed by atoms with van der Waals surface area (Å²) in [5.74, 6) is 1.24. The molecular formula is C28H32N2O4S. The van der Waals surface area contributed by atoms with E-state index < -0.39 is 0 Å². The SMILES string of the molecule is COc1ccc(CCN(Cc2cccs2)C(=O)CN(C(=O)c2ccc(C)cc2)C2CC2)cc1OC. The molecule has 0 N–H and O–H groups in total. The minimum atomic E-state index is -0.0724. The number of carbonyl (C=O) groups is 2. The molecule has 1 aromatic heterocycles. The fourth-order valence-electron chi connectivity index (χ4n) is 4.04. The predicted molar refractivity (Wildman–Crippen MR) is 138 cm³/mol. The Bertz CT molecular complexity index is 1140. The van der Waals surface area contributed by atoms with Gasteiger partial charge >= 0.3 is 0 Å². The molecule has 2 aromatic carbocycles. The molecule has 3 aromatic rings. The molecule has 35 heavy (non-hydrogen) atoms. The Labute approximate surface area is 211 Å². The molecule has 0 radical (unpaired) electrons. The van der Waals surface area contributed by atoms with Crippen LogP contribution in [-0.4, -0.2) is 55.0 Å². The standard InChI is InChI=1S/C28H32N2O4S/c1-20-6-9-22(10-7-20)28(32)30(23-11-12-23)19-27(31)29(18-24-5-4-16-35-24)15-14-21-8-13-25(33-2)26(17-21)34-3/h4-10,13,16-17,23H,11-12,14-15,18-19H2,1-3H3. The van der Waals surface area contributed by atoms with Gasteiger partial charge in [0, 0.05) is 23.0 Å². The maximum atomic E-state index is 13.5. The summed E-state index contributed by atoms with van der Waals surface area (Å²) >= 11 is 1.63. The number of ether oxygens (including phenoxy) is 2. The number of hydrogen-bond acceptors (Lipinski definition) is 5. The first-order valence-corrected chi connectivity index (χ1v) is 12.7. The van der Waals surface area contributed by atoms with Crippen LogP contribution in [0, 0.1) is 6.92 Å². The second-order valence-electron chi connectivity index (χ2n) is 8.86. The second-order valence-corrected chi connectivity index (χ2v) is 9.90. The molecule has 1 aliphatic carbocycles. The summed E-state index contributed by atoms with van der Waals surface area (Å²) in [5, 5.41) is 2.02. The Balaban J connectivity index is 1.48. The van der Waals surface area contributed by atoms with Crippen molar-refractivity contribution in [1.82, 2.24) is 9.80 Å². The van der Waals surface area contributed by atoms with E-state index in [1.165, 1.54) is 0 Å². The molecule has 4 rings (SSSR count). The minimum Gasteiger partial charge on any atom is -0.493 e. The van der Waals surface area contributed by atoms with Crippen LogP contribution in [0.25, 0.3) is 0 Å². The third kappa shape index (κ3) is 6.42. The van der Waals surface area contributed by atoms with Gasteiger partial charge in [0.1, 0.15) is 6.54 Å². The zero-order valence-electron chi connectivity index (χ0n) is 20.5. The first-order chi connectivity index (χ1) is 17.0. The Morgan fingerprint density at radius 1 is 1.00 bits per heavy atom. The lowest BCUT2D eigenvalue weighted by atomic mass is 10.1. The molecule has 0 saturated heterocycles. The van der Waals surface area contributed by atoms with E-state index in [1.54, 1.807) is 30.5 Å². The smallest absolute Gasteiger partial charge is 0.254 e. The van der Waals surface area contributed by atoms with Gasteiger partial charge in [-0.05, 0) is 67.5 Å². The van der Waals surface area contributed by atoms with Crippen LogP contribution in [0.15, 0.2) is 60.0 Å². The highest BCUT2D eigenvalue weighted by atomic mass is 32.1. The van der Waals surface area contributed by atoms with Crippen LogP contribution >= 0.6 is 11.3 Å². The van der Waals surface area contributed by atoms with E-state index in [-0.39, 0.29) is 24.4 Å². The van der Waals surface area contributed by atoms with Gasteiger partial charge in [0.25, 0.3) is 5.91 Å². The molecule has 0 unspecified atom stereocenters. The molecule has 0 bridgehead atoms. The van der Waals surface area contributed by atoms with Crippen molar-refractivity contribution in [2.75, 3.05) is 27.3 Å². The van der Waals surface area contributed by atoms with E-state index in [9.17, 15) is 9.59 Å². The van der Waals surface area contributed by atoms with Crippen LogP contribution in [-0.2, 0) is 17.8 Å². The van der Waals surface area contributed by atoms with Crippen molar-refractivity contribution in [3.8, 4) is 11.5 Å². The predicted octanol–water partition coefficient (Wildman–Crippen LogP) is 4.95. The van der Waals surface area contributed by atoms with Crippen LogP contribution in [0.5, 0.6) is 11.5 Å². The average molecular weight is 493 g/mol. The van der Waals surface area contributed by atoms with Crippen LogP contribution in [0.2, 0.25) is 0 Å². The van der Waals surface area contributed by atoms with Crippen LogP contribution in [0.4, 0.5) is 0 Å². The fourth-order valence-corrected chi connectivity index (χ4v) is 4.76. The molecule has 1 fully saturated rings. The third-order valence-corrected chi connectivity index (χ3v) is 7.11. The Morgan fingerprint density at radius 3 is 2.37 bits per heavy atom. The number of rotatable bonds is 11. The molecule has 0 spiro atoms. The number of benzene rings is 2. The van der Waals surface area contributed by atoms with E-state index in [2.05, 4.69) is 0 Å². The second kappa shape index (κ2) is 11.4. The molecule has 1 saturated carbocycles.